The van der Waals surface area contributed by atoms with Crippen LogP contribution in [0.15, 0.2) is 35.7 Å². The van der Waals surface area contributed by atoms with Gasteiger partial charge in [0, 0.05) is 25.4 Å². The summed E-state index contributed by atoms with van der Waals surface area (Å²) < 4.78 is 0. The molecule has 4 heteroatoms. The highest BCUT2D eigenvalue weighted by atomic mass is 32.1. The van der Waals surface area contributed by atoms with E-state index in [1.165, 1.54) is 16.9 Å². The van der Waals surface area contributed by atoms with E-state index < -0.39 is 0 Å². The molecule has 0 spiro atoms. The highest BCUT2D eigenvalue weighted by Crippen LogP contribution is 2.22. The summed E-state index contributed by atoms with van der Waals surface area (Å²) >= 11 is 1.52. The van der Waals surface area contributed by atoms with Gasteiger partial charge in [-0.1, -0.05) is 30.3 Å². The van der Waals surface area contributed by atoms with Crippen LogP contribution in [0, 0.1) is 0 Å². The number of Topliss-reactive ketones (excluding diaryl/α,β-unsaturated/α-hetero) is 1. The smallest absolute Gasteiger partial charge is 0.186 e. The van der Waals surface area contributed by atoms with Gasteiger partial charge in [0.1, 0.15) is 5.69 Å². The third-order valence-electron chi connectivity index (χ3n) is 2.72. The predicted molar refractivity (Wildman–Crippen MR) is 75.3 cm³/mol. The second kappa shape index (κ2) is 5.78. The van der Waals surface area contributed by atoms with Gasteiger partial charge in [0.25, 0.3) is 0 Å². The Morgan fingerprint density at radius 3 is 2.61 bits per heavy atom. The Kier molecular flexibility index (Phi) is 4.10. The van der Waals surface area contributed by atoms with Crippen molar-refractivity contribution in [3.05, 3.63) is 47.0 Å². The molecule has 0 aliphatic carbocycles. The molecule has 94 valence electrons. The van der Waals surface area contributed by atoms with Crippen molar-refractivity contribution >= 4 is 22.3 Å². The van der Waals surface area contributed by atoms with E-state index in [2.05, 4.69) is 28.9 Å². The molecule has 0 aliphatic heterocycles. The first-order chi connectivity index (χ1) is 8.70. The molecule has 1 heterocycles. The Balaban J connectivity index is 2.15. The minimum Gasteiger partial charge on any atom is -0.344 e. The van der Waals surface area contributed by atoms with Crippen LogP contribution in [0.2, 0.25) is 0 Å². The quantitative estimate of drug-likeness (QED) is 0.773. The van der Waals surface area contributed by atoms with Gasteiger partial charge in [-0.05, 0) is 12.5 Å². The van der Waals surface area contributed by atoms with Crippen LogP contribution in [0.3, 0.4) is 0 Å². The van der Waals surface area contributed by atoms with Crippen LogP contribution in [0.25, 0.3) is 0 Å². The Bertz CT molecular complexity index is 522. The topological polar surface area (TPSA) is 33.2 Å². The molecule has 0 saturated heterocycles. The molecule has 0 bridgehead atoms. The molecular formula is C14H16N2OS. The van der Waals surface area contributed by atoms with E-state index in [-0.39, 0.29) is 5.78 Å². The van der Waals surface area contributed by atoms with Crippen molar-refractivity contribution < 1.29 is 4.79 Å². The molecular weight excluding hydrogens is 244 g/mol. The van der Waals surface area contributed by atoms with E-state index in [0.717, 1.165) is 18.2 Å². The van der Waals surface area contributed by atoms with Gasteiger partial charge in [-0.25, -0.2) is 4.98 Å². The van der Waals surface area contributed by atoms with Gasteiger partial charge in [-0.2, -0.15) is 0 Å². The van der Waals surface area contributed by atoms with E-state index >= 15 is 0 Å². The van der Waals surface area contributed by atoms with Crippen molar-refractivity contribution in [2.45, 2.75) is 20.4 Å². The number of nitrogens with zero attached hydrogens (tertiary/aromatic N) is 2. The monoisotopic (exact) mass is 260 g/mol. The number of carbonyl (C=O) groups is 1. The van der Waals surface area contributed by atoms with Gasteiger partial charge in [0.15, 0.2) is 10.9 Å². The van der Waals surface area contributed by atoms with Crippen molar-refractivity contribution in [2.24, 2.45) is 0 Å². The lowest BCUT2D eigenvalue weighted by Crippen LogP contribution is -2.21. The summed E-state index contributed by atoms with van der Waals surface area (Å²) in [6.45, 7) is 5.34. The number of rotatable bonds is 5. The fourth-order valence-corrected chi connectivity index (χ4v) is 2.62. The molecule has 2 aromatic rings. The van der Waals surface area contributed by atoms with Crippen LogP contribution in [0.5, 0.6) is 0 Å². The van der Waals surface area contributed by atoms with Crippen molar-refractivity contribution in [2.75, 3.05) is 11.4 Å². The largest absolute Gasteiger partial charge is 0.344 e. The third-order valence-corrected chi connectivity index (χ3v) is 3.62. The Hall–Kier alpha value is -1.68. The summed E-state index contributed by atoms with van der Waals surface area (Å²) in [7, 11) is 0. The number of hydrogen-bond acceptors (Lipinski definition) is 4. The van der Waals surface area contributed by atoms with E-state index in [1.807, 2.05) is 23.6 Å². The Morgan fingerprint density at radius 1 is 1.33 bits per heavy atom. The van der Waals surface area contributed by atoms with Crippen molar-refractivity contribution in [3.8, 4) is 0 Å². The number of thiazole rings is 1. The second-order valence-electron chi connectivity index (χ2n) is 4.07. The fraction of sp³-hybridized carbons (Fsp3) is 0.286. The van der Waals surface area contributed by atoms with Gasteiger partial charge < -0.3 is 4.90 Å². The van der Waals surface area contributed by atoms with Crippen LogP contribution >= 0.6 is 11.3 Å². The number of aromatic nitrogens is 1. The van der Waals surface area contributed by atoms with Gasteiger partial charge in [0.2, 0.25) is 0 Å². The number of anilines is 1. The number of hydrogen-bond donors (Lipinski definition) is 0. The van der Waals surface area contributed by atoms with Gasteiger partial charge in [-0.3, -0.25) is 4.79 Å². The van der Waals surface area contributed by atoms with Crippen LogP contribution < -0.4 is 4.90 Å². The molecule has 0 atom stereocenters. The van der Waals surface area contributed by atoms with Crippen LogP contribution in [-0.2, 0) is 6.54 Å². The fourth-order valence-electron chi connectivity index (χ4n) is 1.69. The number of benzene rings is 1. The lowest BCUT2D eigenvalue weighted by Gasteiger charge is -2.19. The van der Waals surface area contributed by atoms with Gasteiger partial charge >= 0.3 is 0 Å². The van der Waals surface area contributed by atoms with Crippen molar-refractivity contribution in [3.63, 3.8) is 0 Å². The van der Waals surface area contributed by atoms with E-state index in [1.54, 1.807) is 6.92 Å². The summed E-state index contributed by atoms with van der Waals surface area (Å²) in [6.07, 6.45) is 0. The number of carbonyl (C=O) groups excluding carboxylic acids is 1. The molecule has 3 nitrogen and oxygen atoms in total. The van der Waals surface area contributed by atoms with Gasteiger partial charge in [-0.15, -0.1) is 11.3 Å². The zero-order valence-corrected chi connectivity index (χ0v) is 11.4. The normalized spacial score (nSPS) is 10.3. The van der Waals surface area contributed by atoms with Crippen molar-refractivity contribution in [1.82, 2.24) is 4.98 Å². The molecule has 18 heavy (non-hydrogen) atoms. The van der Waals surface area contributed by atoms with E-state index in [0.29, 0.717) is 5.69 Å². The Morgan fingerprint density at radius 2 is 2.06 bits per heavy atom. The molecule has 0 saturated carbocycles. The molecule has 1 aromatic carbocycles. The highest BCUT2D eigenvalue weighted by molar-refractivity contribution is 7.13. The Labute approximate surface area is 111 Å². The lowest BCUT2D eigenvalue weighted by molar-refractivity contribution is 0.101. The molecule has 0 amide bonds. The summed E-state index contributed by atoms with van der Waals surface area (Å²) in [5, 5.41) is 2.73. The summed E-state index contributed by atoms with van der Waals surface area (Å²) in [6, 6.07) is 10.3. The summed E-state index contributed by atoms with van der Waals surface area (Å²) in [4.78, 5) is 17.8. The summed E-state index contributed by atoms with van der Waals surface area (Å²) in [5.41, 5.74) is 1.81. The molecule has 0 N–H and O–H groups in total. The van der Waals surface area contributed by atoms with Gasteiger partial charge in [0.05, 0.1) is 0 Å². The van der Waals surface area contributed by atoms with E-state index in [4.69, 9.17) is 0 Å². The second-order valence-corrected chi connectivity index (χ2v) is 4.91. The zero-order valence-electron chi connectivity index (χ0n) is 10.6. The minimum absolute atomic E-state index is 0.0215. The first-order valence-electron chi connectivity index (χ1n) is 5.96. The SMILES string of the molecule is CCN(Cc1ccccc1)c1nc(C(C)=O)cs1. The van der Waals surface area contributed by atoms with Crippen LogP contribution in [0.4, 0.5) is 5.13 Å². The average molecular weight is 260 g/mol. The first-order valence-corrected chi connectivity index (χ1v) is 6.84. The lowest BCUT2D eigenvalue weighted by atomic mass is 10.2. The molecule has 1 aromatic heterocycles. The maximum Gasteiger partial charge on any atom is 0.186 e. The molecule has 0 radical (unpaired) electrons. The maximum atomic E-state index is 11.3. The third kappa shape index (κ3) is 2.96. The molecule has 0 fully saturated rings. The van der Waals surface area contributed by atoms with Crippen LogP contribution in [0.1, 0.15) is 29.9 Å². The zero-order chi connectivity index (χ0) is 13.0. The van der Waals surface area contributed by atoms with E-state index in [9.17, 15) is 4.79 Å². The molecule has 0 aliphatic rings. The number of ketones is 1. The van der Waals surface area contributed by atoms with Crippen LogP contribution in [-0.4, -0.2) is 17.3 Å². The predicted octanol–water partition coefficient (Wildman–Crippen LogP) is 3.37. The maximum absolute atomic E-state index is 11.3. The standard InChI is InChI=1S/C14H16N2OS/c1-3-16(9-12-7-5-4-6-8-12)14-15-13(10-18-14)11(2)17/h4-8,10H,3,9H2,1-2H3. The molecule has 0 unspecified atom stereocenters. The molecule has 2 rings (SSSR count). The highest BCUT2D eigenvalue weighted by Gasteiger charge is 2.11. The first kappa shape index (κ1) is 12.8. The van der Waals surface area contributed by atoms with Crippen molar-refractivity contribution in [1.29, 1.82) is 0 Å². The minimum atomic E-state index is 0.0215. The average Bonchev–Trinajstić information content (AvgIpc) is 2.87. The summed E-state index contributed by atoms with van der Waals surface area (Å²) in [5.74, 6) is 0.0215.